The van der Waals surface area contributed by atoms with Crippen LogP contribution in [0, 0.1) is 12.7 Å². The summed E-state index contributed by atoms with van der Waals surface area (Å²) in [6.45, 7) is 1.80. The van der Waals surface area contributed by atoms with Crippen LogP contribution in [0.4, 0.5) is 15.8 Å². The van der Waals surface area contributed by atoms with E-state index >= 15 is 0 Å². The number of carbonyl (C=O) groups excluding carboxylic acids is 3. The molecule has 1 aromatic heterocycles. The molecule has 0 aliphatic heterocycles. The predicted molar refractivity (Wildman–Crippen MR) is 130 cm³/mol. The Labute approximate surface area is 203 Å². The van der Waals surface area contributed by atoms with Crippen molar-refractivity contribution in [3.8, 4) is 0 Å². The van der Waals surface area contributed by atoms with Crippen LogP contribution in [0.5, 0.6) is 0 Å². The molecule has 3 amide bonds. The Balaban J connectivity index is 1.63. The third kappa shape index (κ3) is 4.88. The van der Waals surface area contributed by atoms with Crippen molar-refractivity contribution in [2.45, 2.75) is 6.92 Å². The first-order valence-corrected chi connectivity index (χ1v) is 10.7. The number of aryl methyl sites for hydroxylation is 1. The van der Waals surface area contributed by atoms with Crippen LogP contribution in [0.1, 0.15) is 16.1 Å². The number of fused-ring (bicyclic) bond motifs is 1. The zero-order valence-electron chi connectivity index (χ0n) is 17.7. The van der Waals surface area contributed by atoms with E-state index in [1.54, 1.807) is 43.3 Å². The first-order chi connectivity index (χ1) is 16.2. The molecule has 10 heteroatoms. The Morgan fingerprint density at radius 2 is 1.65 bits per heavy atom. The normalized spacial score (nSPS) is 10.7. The van der Waals surface area contributed by atoms with Gasteiger partial charge in [0.1, 0.15) is 11.5 Å². The molecule has 0 spiro atoms. The maximum Gasteiger partial charge on any atom is 0.328 e. The molecule has 7 nitrogen and oxygen atoms in total. The van der Waals surface area contributed by atoms with Crippen LogP contribution in [0.25, 0.3) is 10.9 Å². The molecule has 0 bridgehead atoms. The van der Waals surface area contributed by atoms with E-state index in [1.165, 1.54) is 30.3 Å². The Morgan fingerprint density at radius 1 is 0.882 bits per heavy atom. The minimum absolute atomic E-state index is 0.0392. The van der Waals surface area contributed by atoms with E-state index < -0.39 is 23.5 Å². The summed E-state index contributed by atoms with van der Waals surface area (Å²) in [6.07, 6.45) is 0. The number of halogens is 3. The Morgan fingerprint density at radius 3 is 2.38 bits per heavy atom. The lowest BCUT2D eigenvalue weighted by Gasteiger charge is -2.13. The van der Waals surface area contributed by atoms with Crippen molar-refractivity contribution in [3.05, 3.63) is 93.8 Å². The molecular formula is C24H17Cl2FN4O3. The number of amides is 3. The van der Waals surface area contributed by atoms with E-state index in [-0.39, 0.29) is 11.4 Å². The smallest absolute Gasteiger partial charge is 0.318 e. The van der Waals surface area contributed by atoms with Gasteiger partial charge in [0.25, 0.3) is 5.91 Å². The van der Waals surface area contributed by atoms with Crippen LogP contribution in [0.2, 0.25) is 10.0 Å². The van der Waals surface area contributed by atoms with Gasteiger partial charge < -0.3 is 10.6 Å². The van der Waals surface area contributed by atoms with E-state index in [0.29, 0.717) is 26.6 Å². The van der Waals surface area contributed by atoms with Crippen LogP contribution in [0.15, 0.2) is 66.7 Å². The van der Waals surface area contributed by atoms with Crippen molar-refractivity contribution >= 4 is 63.2 Å². The SMILES string of the molecule is Cc1ccc(NC(=O)C(=O)Nn2c(C(=O)Nc3ccccc3F)cc3cc(Cl)ccc32)cc1Cl. The van der Waals surface area contributed by atoms with Gasteiger partial charge in [-0.2, -0.15) is 0 Å². The van der Waals surface area contributed by atoms with Gasteiger partial charge in [-0.25, -0.2) is 9.07 Å². The summed E-state index contributed by atoms with van der Waals surface area (Å²) in [6, 6.07) is 16.7. The largest absolute Gasteiger partial charge is 0.328 e. The predicted octanol–water partition coefficient (Wildman–Crippen LogP) is 5.36. The van der Waals surface area contributed by atoms with Crippen LogP contribution in [-0.4, -0.2) is 22.4 Å². The number of benzene rings is 3. The third-order valence-electron chi connectivity index (χ3n) is 4.97. The molecule has 0 saturated heterocycles. The fourth-order valence-corrected chi connectivity index (χ4v) is 3.59. The molecule has 0 atom stereocenters. The molecule has 0 saturated carbocycles. The lowest BCUT2D eigenvalue weighted by atomic mass is 10.2. The van der Waals surface area contributed by atoms with Crippen LogP contribution in [0.3, 0.4) is 0 Å². The molecular weight excluding hydrogens is 482 g/mol. The van der Waals surface area contributed by atoms with E-state index in [4.69, 9.17) is 23.2 Å². The molecule has 4 aromatic rings. The first kappa shape index (κ1) is 23.3. The number of carbonyl (C=O) groups is 3. The summed E-state index contributed by atoms with van der Waals surface area (Å²) in [5, 5.41) is 6.28. The second-order valence-electron chi connectivity index (χ2n) is 7.36. The van der Waals surface area contributed by atoms with Gasteiger partial charge in [-0.05, 0) is 61.0 Å². The Hall–Kier alpha value is -3.88. The summed E-state index contributed by atoms with van der Waals surface area (Å²) < 4.78 is 15.2. The number of rotatable bonds is 4. The highest BCUT2D eigenvalue weighted by Crippen LogP contribution is 2.24. The lowest BCUT2D eigenvalue weighted by Crippen LogP contribution is -2.36. The van der Waals surface area contributed by atoms with Gasteiger partial charge in [-0.3, -0.25) is 19.8 Å². The molecule has 0 radical (unpaired) electrons. The fraction of sp³-hybridized carbons (Fsp3) is 0.0417. The van der Waals surface area contributed by atoms with E-state index in [9.17, 15) is 18.8 Å². The summed E-state index contributed by atoms with van der Waals surface area (Å²) in [4.78, 5) is 38.1. The molecule has 0 fully saturated rings. The molecule has 1 heterocycles. The summed E-state index contributed by atoms with van der Waals surface area (Å²) >= 11 is 12.1. The first-order valence-electron chi connectivity index (χ1n) is 9.98. The third-order valence-corrected chi connectivity index (χ3v) is 5.61. The summed E-state index contributed by atoms with van der Waals surface area (Å²) in [5.74, 6) is -3.34. The zero-order valence-corrected chi connectivity index (χ0v) is 19.2. The zero-order chi connectivity index (χ0) is 24.4. The average molecular weight is 499 g/mol. The molecule has 0 aliphatic carbocycles. The number of hydrogen-bond donors (Lipinski definition) is 3. The van der Waals surface area contributed by atoms with Crippen molar-refractivity contribution in [1.29, 1.82) is 0 Å². The van der Waals surface area contributed by atoms with Gasteiger partial charge in [0, 0.05) is 21.1 Å². The van der Waals surface area contributed by atoms with E-state index in [2.05, 4.69) is 16.1 Å². The number of nitrogens with one attached hydrogen (secondary N) is 3. The van der Waals surface area contributed by atoms with Gasteiger partial charge in [0.05, 0.1) is 11.2 Å². The van der Waals surface area contributed by atoms with Crippen LogP contribution in [-0.2, 0) is 9.59 Å². The van der Waals surface area contributed by atoms with Gasteiger partial charge in [-0.1, -0.05) is 41.4 Å². The second-order valence-corrected chi connectivity index (χ2v) is 8.20. The monoisotopic (exact) mass is 498 g/mol. The topological polar surface area (TPSA) is 92.2 Å². The van der Waals surface area contributed by atoms with Crippen LogP contribution < -0.4 is 16.1 Å². The van der Waals surface area contributed by atoms with Gasteiger partial charge in [-0.15, -0.1) is 0 Å². The maximum absolute atomic E-state index is 14.0. The van der Waals surface area contributed by atoms with Crippen molar-refractivity contribution in [1.82, 2.24) is 4.68 Å². The average Bonchev–Trinajstić information content (AvgIpc) is 3.15. The number of para-hydroxylation sites is 1. The quantitative estimate of drug-likeness (QED) is 0.331. The number of aromatic nitrogens is 1. The van der Waals surface area contributed by atoms with E-state index in [0.717, 1.165) is 10.2 Å². The molecule has 3 aromatic carbocycles. The highest BCUT2D eigenvalue weighted by atomic mass is 35.5. The number of anilines is 2. The number of nitrogens with zero attached hydrogens (tertiary/aromatic N) is 1. The van der Waals surface area contributed by atoms with Gasteiger partial charge in [0.2, 0.25) is 0 Å². The molecule has 172 valence electrons. The molecule has 0 aliphatic rings. The standard InChI is InChI=1S/C24H17Cl2FN4O3/c1-13-6-8-16(12-17(13)26)28-23(33)24(34)30-31-20-9-7-15(25)10-14(20)11-21(31)22(32)29-19-5-3-2-4-18(19)27/h2-12H,1H3,(H,28,33)(H,29,32)(H,30,34). The fourth-order valence-electron chi connectivity index (χ4n) is 3.23. The summed E-state index contributed by atoms with van der Waals surface area (Å²) in [5.41, 5.74) is 3.88. The van der Waals surface area contributed by atoms with Crippen molar-refractivity contribution in [3.63, 3.8) is 0 Å². The molecule has 4 rings (SSSR count). The lowest BCUT2D eigenvalue weighted by molar-refractivity contribution is -0.133. The van der Waals surface area contributed by atoms with E-state index in [1.807, 2.05) is 0 Å². The second kappa shape index (κ2) is 9.54. The minimum Gasteiger partial charge on any atom is -0.318 e. The summed E-state index contributed by atoms with van der Waals surface area (Å²) in [7, 11) is 0. The minimum atomic E-state index is -1.04. The van der Waals surface area contributed by atoms with Gasteiger partial charge >= 0.3 is 11.8 Å². The van der Waals surface area contributed by atoms with Crippen LogP contribution >= 0.6 is 23.2 Å². The van der Waals surface area contributed by atoms with Crippen molar-refractivity contribution < 1.29 is 18.8 Å². The Bertz CT molecular complexity index is 1450. The highest BCUT2D eigenvalue weighted by Gasteiger charge is 2.22. The molecule has 34 heavy (non-hydrogen) atoms. The Kier molecular flexibility index (Phi) is 6.54. The van der Waals surface area contributed by atoms with Gasteiger partial charge in [0.15, 0.2) is 0 Å². The number of hydrogen-bond acceptors (Lipinski definition) is 3. The maximum atomic E-state index is 14.0. The highest BCUT2D eigenvalue weighted by molar-refractivity contribution is 6.42. The van der Waals surface area contributed by atoms with Crippen molar-refractivity contribution in [2.24, 2.45) is 0 Å². The molecule has 3 N–H and O–H groups in total. The molecule has 0 unspecified atom stereocenters. The van der Waals surface area contributed by atoms with Crippen molar-refractivity contribution in [2.75, 3.05) is 16.1 Å².